The number of nitrogens with two attached hydrogens (primary N) is 1. The highest BCUT2D eigenvalue weighted by Gasteiger charge is 2.16. The molecule has 0 aromatic heterocycles. The first-order valence-electron chi connectivity index (χ1n) is 6.70. The fourth-order valence-corrected chi connectivity index (χ4v) is 2.20. The second-order valence-corrected chi connectivity index (χ2v) is 4.94. The summed E-state index contributed by atoms with van der Waals surface area (Å²) in [6.45, 7) is 5.47. The Labute approximate surface area is 124 Å². The molecule has 3 N–H and O–H groups in total. The fraction of sp³-hybridized carbons (Fsp3) is 0.500. The molecule has 112 valence electrons. The molecule has 0 aliphatic rings. The summed E-state index contributed by atoms with van der Waals surface area (Å²) in [5, 5.41) is 3.35. The monoisotopic (exact) mass is 301 g/mol. The van der Waals surface area contributed by atoms with Crippen molar-refractivity contribution in [3.63, 3.8) is 0 Å². The fourth-order valence-electron chi connectivity index (χ4n) is 1.98. The lowest BCUT2D eigenvalue weighted by Crippen LogP contribution is -2.38. The van der Waals surface area contributed by atoms with Crippen molar-refractivity contribution >= 4 is 23.2 Å². The van der Waals surface area contributed by atoms with Crippen LogP contribution in [0.25, 0.3) is 0 Å². The molecule has 4 nitrogen and oxygen atoms in total. The number of amides is 1. The zero-order valence-corrected chi connectivity index (χ0v) is 12.6. The topological polar surface area (TPSA) is 58.4 Å². The number of hydrogen-bond acceptors (Lipinski definition) is 3. The molecule has 6 heteroatoms. The van der Waals surface area contributed by atoms with Gasteiger partial charge in [0.15, 0.2) is 0 Å². The van der Waals surface area contributed by atoms with Crippen molar-refractivity contribution < 1.29 is 9.18 Å². The highest BCUT2D eigenvalue weighted by atomic mass is 35.5. The molecule has 0 bridgehead atoms. The van der Waals surface area contributed by atoms with Crippen LogP contribution in [0.4, 0.5) is 10.1 Å². The van der Waals surface area contributed by atoms with Crippen LogP contribution in [0.5, 0.6) is 0 Å². The number of hydrogen-bond donors (Lipinski definition) is 2. The van der Waals surface area contributed by atoms with E-state index in [0.29, 0.717) is 23.8 Å². The third-order valence-electron chi connectivity index (χ3n) is 3.06. The Bertz CT molecular complexity index is 432. The van der Waals surface area contributed by atoms with Gasteiger partial charge in [-0.3, -0.25) is 4.79 Å². The number of rotatable bonds is 7. The van der Waals surface area contributed by atoms with Gasteiger partial charge in [-0.15, -0.1) is 0 Å². The second-order valence-electron chi connectivity index (χ2n) is 4.51. The Hall–Kier alpha value is -1.33. The van der Waals surface area contributed by atoms with Gasteiger partial charge < -0.3 is 16.0 Å². The first-order valence-corrected chi connectivity index (χ1v) is 7.08. The van der Waals surface area contributed by atoms with Gasteiger partial charge in [0.05, 0.1) is 0 Å². The van der Waals surface area contributed by atoms with Crippen LogP contribution >= 0.6 is 11.6 Å². The summed E-state index contributed by atoms with van der Waals surface area (Å²) in [5.41, 5.74) is 6.19. The van der Waals surface area contributed by atoms with Gasteiger partial charge in [0, 0.05) is 42.8 Å². The van der Waals surface area contributed by atoms with Crippen molar-refractivity contribution in [1.82, 2.24) is 4.90 Å². The summed E-state index contributed by atoms with van der Waals surface area (Å²) < 4.78 is 13.3. The molecule has 1 atom stereocenters. The quantitative estimate of drug-likeness (QED) is 0.813. The molecular weight excluding hydrogens is 281 g/mol. The standard InChI is InChI=1S/C14H21ClFN3O/c1-3-19(4-2)14(20)8-13(9-17)18-12-6-10(15)5-11(16)7-12/h5-7,13,18H,3-4,8-9,17H2,1-2H3. The molecule has 1 amide bonds. The zero-order chi connectivity index (χ0) is 15.1. The first kappa shape index (κ1) is 16.7. The SMILES string of the molecule is CCN(CC)C(=O)CC(CN)Nc1cc(F)cc(Cl)c1. The molecule has 0 aliphatic carbocycles. The van der Waals surface area contributed by atoms with E-state index < -0.39 is 5.82 Å². The van der Waals surface area contributed by atoms with Gasteiger partial charge in [-0.05, 0) is 32.0 Å². The second kappa shape index (κ2) is 8.07. The number of carbonyl (C=O) groups is 1. The Kier molecular flexibility index (Phi) is 6.75. The molecule has 0 heterocycles. The maximum Gasteiger partial charge on any atom is 0.224 e. The molecule has 0 saturated carbocycles. The van der Waals surface area contributed by atoms with Crippen molar-refractivity contribution in [2.45, 2.75) is 26.3 Å². The van der Waals surface area contributed by atoms with E-state index in [4.69, 9.17) is 17.3 Å². The van der Waals surface area contributed by atoms with Gasteiger partial charge in [-0.2, -0.15) is 0 Å². The van der Waals surface area contributed by atoms with E-state index in [9.17, 15) is 9.18 Å². The van der Waals surface area contributed by atoms with Crippen molar-refractivity contribution in [2.24, 2.45) is 5.73 Å². The minimum absolute atomic E-state index is 0.0282. The van der Waals surface area contributed by atoms with Crippen molar-refractivity contribution in [3.05, 3.63) is 29.0 Å². The number of benzene rings is 1. The first-order chi connectivity index (χ1) is 9.49. The Morgan fingerprint density at radius 1 is 1.40 bits per heavy atom. The van der Waals surface area contributed by atoms with Crippen LogP contribution in [0, 0.1) is 5.82 Å². The van der Waals surface area contributed by atoms with E-state index >= 15 is 0 Å². The number of anilines is 1. The maximum absolute atomic E-state index is 13.3. The molecule has 1 aromatic carbocycles. The predicted molar refractivity (Wildman–Crippen MR) is 80.4 cm³/mol. The highest BCUT2D eigenvalue weighted by Crippen LogP contribution is 2.19. The number of halogens is 2. The smallest absolute Gasteiger partial charge is 0.224 e. The minimum Gasteiger partial charge on any atom is -0.380 e. The molecular formula is C14H21ClFN3O. The lowest BCUT2D eigenvalue weighted by Gasteiger charge is -2.23. The summed E-state index contributed by atoms with van der Waals surface area (Å²) in [6.07, 6.45) is 0.270. The molecule has 1 aromatic rings. The Morgan fingerprint density at radius 3 is 2.55 bits per heavy atom. The van der Waals surface area contributed by atoms with Gasteiger partial charge >= 0.3 is 0 Å². The molecule has 0 fully saturated rings. The average Bonchev–Trinajstić information content (AvgIpc) is 2.38. The summed E-state index contributed by atoms with van der Waals surface area (Å²) in [4.78, 5) is 13.8. The van der Waals surface area contributed by atoms with Gasteiger partial charge in [-0.1, -0.05) is 11.6 Å². The van der Waals surface area contributed by atoms with E-state index in [1.807, 2.05) is 13.8 Å². The maximum atomic E-state index is 13.3. The molecule has 0 radical (unpaired) electrons. The van der Waals surface area contributed by atoms with Gasteiger partial charge in [-0.25, -0.2) is 4.39 Å². The largest absolute Gasteiger partial charge is 0.380 e. The van der Waals surface area contributed by atoms with E-state index in [-0.39, 0.29) is 24.9 Å². The average molecular weight is 302 g/mol. The highest BCUT2D eigenvalue weighted by molar-refractivity contribution is 6.30. The van der Waals surface area contributed by atoms with Gasteiger partial charge in [0.1, 0.15) is 5.82 Å². The Balaban J connectivity index is 2.69. The number of nitrogens with zero attached hydrogens (tertiary/aromatic N) is 1. The Morgan fingerprint density at radius 2 is 2.05 bits per heavy atom. The molecule has 0 saturated heterocycles. The predicted octanol–water partition coefficient (Wildman–Crippen LogP) is 2.48. The third-order valence-corrected chi connectivity index (χ3v) is 3.27. The zero-order valence-electron chi connectivity index (χ0n) is 11.8. The van der Waals surface area contributed by atoms with Crippen LogP contribution in [0.15, 0.2) is 18.2 Å². The van der Waals surface area contributed by atoms with Gasteiger partial charge in [0.2, 0.25) is 5.91 Å². The molecule has 0 aliphatic heterocycles. The summed E-state index contributed by atoms with van der Waals surface area (Å²) in [5.74, 6) is -0.397. The molecule has 1 rings (SSSR count). The molecule has 0 spiro atoms. The van der Waals surface area contributed by atoms with Crippen LogP contribution in [-0.2, 0) is 4.79 Å². The van der Waals surface area contributed by atoms with Crippen LogP contribution in [-0.4, -0.2) is 36.5 Å². The summed E-state index contributed by atoms with van der Waals surface area (Å²) >= 11 is 5.79. The number of nitrogens with one attached hydrogen (secondary N) is 1. The van der Waals surface area contributed by atoms with Crippen LogP contribution in [0.1, 0.15) is 20.3 Å². The van der Waals surface area contributed by atoms with Crippen molar-refractivity contribution in [2.75, 3.05) is 25.0 Å². The van der Waals surface area contributed by atoms with E-state index in [1.54, 1.807) is 11.0 Å². The van der Waals surface area contributed by atoms with E-state index in [0.717, 1.165) is 0 Å². The van der Waals surface area contributed by atoms with Crippen molar-refractivity contribution in [3.8, 4) is 0 Å². The lowest BCUT2D eigenvalue weighted by atomic mass is 10.1. The number of carbonyl (C=O) groups excluding carboxylic acids is 1. The third kappa shape index (κ3) is 4.98. The van der Waals surface area contributed by atoms with Crippen LogP contribution in [0.2, 0.25) is 5.02 Å². The molecule has 1 unspecified atom stereocenters. The van der Waals surface area contributed by atoms with Crippen LogP contribution in [0.3, 0.4) is 0 Å². The minimum atomic E-state index is -0.425. The lowest BCUT2D eigenvalue weighted by molar-refractivity contribution is -0.131. The van der Waals surface area contributed by atoms with Crippen molar-refractivity contribution in [1.29, 1.82) is 0 Å². The van der Waals surface area contributed by atoms with Crippen LogP contribution < -0.4 is 11.1 Å². The summed E-state index contributed by atoms with van der Waals surface area (Å²) in [7, 11) is 0. The molecule has 20 heavy (non-hydrogen) atoms. The van der Waals surface area contributed by atoms with E-state index in [2.05, 4.69) is 5.32 Å². The summed E-state index contributed by atoms with van der Waals surface area (Å²) in [6, 6.07) is 3.91. The normalized spacial score (nSPS) is 12.1. The van der Waals surface area contributed by atoms with Gasteiger partial charge in [0.25, 0.3) is 0 Å². The van der Waals surface area contributed by atoms with E-state index in [1.165, 1.54) is 12.1 Å².